The van der Waals surface area contributed by atoms with Gasteiger partial charge in [0, 0.05) is 29.3 Å². The lowest BCUT2D eigenvalue weighted by Crippen LogP contribution is -2.61. The Bertz CT molecular complexity index is 1080. The third-order valence-electron chi connectivity index (χ3n) is 6.85. The number of nitrogens with zero attached hydrogens (tertiary/aromatic N) is 2. The van der Waals surface area contributed by atoms with Crippen LogP contribution in [0, 0.1) is 23.2 Å². The van der Waals surface area contributed by atoms with Gasteiger partial charge in [-0.15, -0.1) is 11.8 Å². The lowest BCUT2D eigenvalue weighted by Gasteiger charge is -2.39. The first-order chi connectivity index (χ1) is 17.6. The normalized spacial score (nSPS) is 27.6. The van der Waals surface area contributed by atoms with Crippen molar-refractivity contribution in [2.24, 2.45) is 17.6 Å². The molecule has 2 bridgehead atoms. The highest BCUT2D eigenvalue weighted by atomic mass is 32.2. The quantitative estimate of drug-likeness (QED) is 0.374. The van der Waals surface area contributed by atoms with E-state index in [4.69, 9.17) is 15.6 Å². The molecule has 2 aliphatic heterocycles. The minimum atomic E-state index is -5.08. The number of benzene rings is 1. The van der Waals surface area contributed by atoms with Crippen molar-refractivity contribution >= 4 is 29.4 Å². The van der Waals surface area contributed by atoms with Crippen molar-refractivity contribution < 1.29 is 45.8 Å². The van der Waals surface area contributed by atoms with E-state index in [1.807, 2.05) is 0 Å². The molecule has 208 valence electrons. The maximum atomic E-state index is 13.1. The van der Waals surface area contributed by atoms with Gasteiger partial charge in [0.1, 0.15) is 6.04 Å². The number of nitriles is 1. The molecule has 1 aliphatic carbocycles. The van der Waals surface area contributed by atoms with Gasteiger partial charge in [-0.25, -0.2) is 4.79 Å². The Labute approximate surface area is 217 Å². The molecule has 1 aromatic rings. The third kappa shape index (κ3) is 6.59. The SMILES string of the molecule is N#C[C@H]1CSCN1C(=O)[C@@H](N)C1CC2CCC(N1)C2C(=O)c1ccc(C(F)(F)F)cc1.O=C(O)C(F)(F)F. The third-order valence-corrected chi connectivity index (χ3v) is 7.86. The van der Waals surface area contributed by atoms with E-state index >= 15 is 0 Å². The molecule has 4 rings (SSSR count). The van der Waals surface area contributed by atoms with E-state index < -0.39 is 36.0 Å². The van der Waals surface area contributed by atoms with Gasteiger partial charge in [0.05, 0.1) is 23.6 Å². The Morgan fingerprint density at radius 1 is 1.13 bits per heavy atom. The van der Waals surface area contributed by atoms with Gasteiger partial charge in [0.15, 0.2) is 5.78 Å². The average Bonchev–Trinajstić information content (AvgIpc) is 3.43. The fourth-order valence-corrected chi connectivity index (χ4v) is 6.08. The molecule has 6 atom stereocenters. The number of carbonyl (C=O) groups is 3. The van der Waals surface area contributed by atoms with E-state index in [1.54, 1.807) is 0 Å². The van der Waals surface area contributed by atoms with Crippen LogP contribution in [0.1, 0.15) is 35.2 Å². The highest BCUT2D eigenvalue weighted by Gasteiger charge is 2.49. The second-order valence-electron chi connectivity index (χ2n) is 9.20. The molecule has 1 saturated carbocycles. The van der Waals surface area contributed by atoms with Crippen LogP contribution in [-0.4, -0.2) is 69.6 Å². The first kappa shape index (κ1) is 29.7. The Morgan fingerprint density at radius 2 is 1.74 bits per heavy atom. The predicted octanol–water partition coefficient (Wildman–Crippen LogP) is 3.03. The molecule has 4 N–H and O–H groups in total. The van der Waals surface area contributed by atoms with E-state index in [0.29, 0.717) is 18.1 Å². The summed E-state index contributed by atoms with van der Waals surface area (Å²) in [6, 6.07) is 4.72. The molecule has 0 radical (unpaired) electrons. The number of alkyl halides is 6. The van der Waals surface area contributed by atoms with Crippen LogP contribution in [0.2, 0.25) is 0 Å². The number of amides is 1. The zero-order valence-corrected chi connectivity index (χ0v) is 20.4. The number of Topliss-reactive ketones (excluding diaryl/α,β-unsaturated/α-hetero) is 1. The molecule has 2 saturated heterocycles. The average molecular weight is 567 g/mol. The molecule has 2 heterocycles. The Balaban J connectivity index is 0.000000505. The van der Waals surface area contributed by atoms with Crippen molar-refractivity contribution in [3.8, 4) is 6.07 Å². The summed E-state index contributed by atoms with van der Waals surface area (Å²) in [5.74, 6) is -2.50. The van der Waals surface area contributed by atoms with E-state index in [2.05, 4.69) is 11.4 Å². The number of carboxylic acid groups (broad SMARTS) is 1. The van der Waals surface area contributed by atoms with E-state index in [0.717, 1.165) is 25.0 Å². The molecular weight excluding hydrogens is 542 g/mol. The van der Waals surface area contributed by atoms with Crippen LogP contribution in [-0.2, 0) is 15.8 Å². The van der Waals surface area contributed by atoms with Gasteiger partial charge in [0.25, 0.3) is 0 Å². The molecule has 0 spiro atoms. The number of aliphatic carboxylic acids is 1. The van der Waals surface area contributed by atoms with Gasteiger partial charge in [-0.2, -0.15) is 31.6 Å². The van der Waals surface area contributed by atoms with Crippen LogP contribution in [0.15, 0.2) is 24.3 Å². The van der Waals surface area contributed by atoms with Crippen LogP contribution in [0.5, 0.6) is 0 Å². The lowest BCUT2D eigenvalue weighted by molar-refractivity contribution is -0.192. The van der Waals surface area contributed by atoms with Crippen molar-refractivity contribution in [1.29, 1.82) is 5.26 Å². The Kier molecular flexibility index (Phi) is 9.00. The van der Waals surface area contributed by atoms with Crippen molar-refractivity contribution in [3.05, 3.63) is 35.4 Å². The summed E-state index contributed by atoms with van der Waals surface area (Å²) in [5, 5.41) is 19.7. The first-order valence-electron chi connectivity index (χ1n) is 11.5. The number of carboxylic acids is 1. The smallest absolute Gasteiger partial charge is 0.475 e. The van der Waals surface area contributed by atoms with Crippen molar-refractivity contribution in [3.63, 3.8) is 0 Å². The highest BCUT2D eigenvalue weighted by Crippen LogP contribution is 2.42. The van der Waals surface area contributed by atoms with Crippen LogP contribution in [0.25, 0.3) is 0 Å². The van der Waals surface area contributed by atoms with Crippen LogP contribution >= 0.6 is 11.8 Å². The van der Waals surface area contributed by atoms with Crippen molar-refractivity contribution in [2.75, 3.05) is 11.6 Å². The minimum Gasteiger partial charge on any atom is -0.475 e. The summed E-state index contributed by atoms with van der Waals surface area (Å²) in [6.45, 7) is 0. The van der Waals surface area contributed by atoms with Crippen LogP contribution in [0.4, 0.5) is 26.3 Å². The highest BCUT2D eigenvalue weighted by molar-refractivity contribution is 7.99. The van der Waals surface area contributed by atoms with Crippen molar-refractivity contribution in [2.45, 2.75) is 55.8 Å². The minimum absolute atomic E-state index is 0.0182. The molecule has 15 heteroatoms. The maximum Gasteiger partial charge on any atom is 0.490 e. The maximum absolute atomic E-state index is 13.1. The fraction of sp³-hybridized carbons (Fsp3) is 0.565. The topological polar surface area (TPSA) is 137 Å². The Hall–Kier alpha value is -2.83. The second kappa shape index (κ2) is 11.5. The molecule has 3 aliphatic rings. The number of hydrogen-bond donors (Lipinski definition) is 3. The summed E-state index contributed by atoms with van der Waals surface area (Å²) in [6.07, 6.45) is -7.44. The van der Waals surface area contributed by atoms with Gasteiger partial charge < -0.3 is 21.1 Å². The van der Waals surface area contributed by atoms with Gasteiger partial charge >= 0.3 is 18.3 Å². The largest absolute Gasteiger partial charge is 0.490 e. The number of ketones is 1. The molecule has 3 fully saturated rings. The number of fused-ring (bicyclic) bond motifs is 2. The summed E-state index contributed by atoms with van der Waals surface area (Å²) in [5.41, 5.74) is 5.75. The summed E-state index contributed by atoms with van der Waals surface area (Å²) >= 11 is 1.52. The number of halogens is 6. The fourth-order valence-electron chi connectivity index (χ4n) is 5.00. The molecular formula is C23H24F6N4O4S. The summed E-state index contributed by atoms with van der Waals surface area (Å²) in [4.78, 5) is 36.3. The van der Waals surface area contributed by atoms with Gasteiger partial charge in [-0.3, -0.25) is 9.59 Å². The zero-order valence-electron chi connectivity index (χ0n) is 19.6. The molecule has 4 unspecified atom stereocenters. The van der Waals surface area contributed by atoms with E-state index in [-0.39, 0.29) is 41.2 Å². The summed E-state index contributed by atoms with van der Waals surface area (Å²) in [7, 11) is 0. The van der Waals surface area contributed by atoms with E-state index in [9.17, 15) is 41.2 Å². The predicted molar refractivity (Wildman–Crippen MR) is 123 cm³/mol. The van der Waals surface area contributed by atoms with Gasteiger partial charge in [-0.1, -0.05) is 12.1 Å². The second-order valence-corrected chi connectivity index (χ2v) is 10.2. The Morgan fingerprint density at radius 3 is 2.24 bits per heavy atom. The van der Waals surface area contributed by atoms with Gasteiger partial charge in [0.2, 0.25) is 5.91 Å². The molecule has 8 nitrogen and oxygen atoms in total. The first-order valence-corrected chi connectivity index (χ1v) is 12.6. The lowest BCUT2D eigenvalue weighted by atomic mass is 9.78. The monoisotopic (exact) mass is 566 g/mol. The number of hydrogen-bond acceptors (Lipinski definition) is 7. The number of thioether (sulfide) groups is 1. The van der Waals surface area contributed by atoms with Crippen molar-refractivity contribution in [1.82, 2.24) is 10.2 Å². The van der Waals surface area contributed by atoms with Crippen LogP contribution < -0.4 is 11.1 Å². The van der Waals surface area contributed by atoms with E-state index in [1.165, 1.54) is 28.8 Å². The van der Waals surface area contributed by atoms with Gasteiger partial charge in [-0.05, 0) is 37.3 Å². The van der Waals surface area contributed by atoms with Crippen LogP contribution in [0.3, 0.4) is 0 Å². The number of rotatable bonds is 4. The molecule has 1 aromatic carbocycles. The number of nitrogens with two attached hydrogens (primary N) is 1. The zero-order chi connectivity index (χ0) is 28.4. The standard InChI is InChI=1S/C21H23F3N4O2S.C2HF3O2/c22-21(23,24)13-4-1-11(2-5-13)19(29)17-12-3-6-15(17)27-16(7-12)18(26)20(30)28-10-31-9-14(28)8-25;3-2(4,5)1(6)7/h1-2,4-5,12,14-18,27H,3,6-7,9-10,26H2;(H,6,7)/t12?,14-,15?,16?,17?,18-;/m0./s1. The number of carbonyl (C=O) groups excluding carboxylic acids is 2. The molecule has 0 aromatic heterocycles. The molecule has 1 amide bonds. The molecule has 38 heavy (non-hydrogen) atoms. The summed E-state index contributed by atoms with van der Waals surface area (Å²) < 4.78 is 70.1. The number of nitrogens with one attached hydrogen (secondary N) is 1. The number of piperidine rings is 1.